The maximum Gasteiger partial charge on any atom is 0.293 e. The summed E-state index contributed by atoms with van der Waals surface area (Å²) in [4.78, 5) is 29.0. The molecule has 1 fully saturated rings. The fourth-order valence-corrected chi connectivity index (χ4v) is 5.28. The highest BCUT2D eigenvalue weighted by Crippen LogP contribution is 2.40. The van der Waals surface area contributed by atoms with Gasteiger partial charge in [0.15, 0.2) is 11.5 Å². The zero-order chi connectivity index (χ0) is 20.7. The van der Waals surface area contributed by atoms with Crippen molar-refractivity contribution < 1.29 is 19.1 Å². The van der Waals surface area contributed by atoms with Gasteiger partial charge in [-0.15, -0.1) is 11.3 Å². The van der Waals surface area contributed by atoms with Crippen LogP contribution < -0.4 is 9.47 Å². The summed E-state index contributed by atoms with van der Waals surface area (Å²) >= 11 is 8.82. The van der Waals surface area contributed by atoms with Gasteiger partial charge in [0.2, 0.25) is 6.79 Å². The van der Waals surface area contributed by atoms with E-state index in [-0.39, 0.29) is 24.5 Å². The Hall–Kier alpha value is -2.74. The van der Waals surface area contributed by atoms with Crippen molar-refractivity contribution in [1.29, 1.82) is 0 Å². The number of imide groups is 1. The smallest absolute Gasteiger partial charge is 0.293 e. The second-order valence-electron chi connectivity index (χ2n) is 6.63. The van der Waals surface area contributed by atoms with Crippen LogP contribution in [0.4, 0.5) is 4.79 Å². The summed E-state index contributed by atoms with van der Waals surface area (Å²) in [6.07, 6.45) is 1.77. The van der Waals surface area contributed by atoms with E-state index in [0.29, 0.717) is 27.0 Å². The molecule has 3 aromatic rings. The lowest BCUT2D eigenvalue weighted by atomic mass is 10.2. The zero-order valence-corrected chi connectivity index (χ0v) is 17.9. The number of hydrogen-bond donors (Lipinski definition) is 0. The van der Waals surface area contributed by atoms with Crippen LogP contribution in [0.25, 0.3) is 16.5 Å². The van der Waals surface area contributed by atoms with Gasteiger partial charge in [-0.05, 0) is 47.2 Å². The first-order valence-electron chi connectivity index (χ1n) is 9.07. The first-order valence-corrected chi connectivity index (χ1v) is 11.1. The van der Waals surface area contributed by atoms with Crippen LogP contribution in [0.3, 0.4) is 0 Å². The van der Waals surface area contributed by atoms with Gasteiger partial charge in [0.05, 0.1) is 11.4 Å². The number of thioether (sulfide) groups is 1. The summed E-state index contributed by atoms with van der Waals surface area (Å²) < 4.78 is 10.7. The lowest BCUT2D eigenvalue weighted by molar-refractivity contribution is -0.123. The van der Waals surface area contributed by atoms with E-state index in [9.17, 15) is 9.59 Å². The highest BCUT2D eigenvalue weighted by atomic mass is 35.5. The van der Waals surface area contributed by atoms with Crippen LogP contribution in [-0.4, -0.2) is 22.8 Å². The van der Waals surface area contributed by atoms with Crippen molar-refractivity contribution in [3.63, 3.8) is 0 Å². The van der Waals surface area contributed by atoms with Crippen LogP contribution in [-0.2, 0) is 11.3 Å². The minimum absolute atomic E-state index is 0.0805. The Balaban J connectivity index is 1.37. The molecule has 0 spiro atoms. The van der Waals surface area contributed by atoms with Crippen molar-refractivity contribution in [2.24, 2.45) is 0 Å². The number of rotatable bonds is 4. The van der Waals surface area contributed by atoms with E-state index >= 15 is 0 Å². The van der Waals surface area contributed by atoms with Gasteiger partial charge in [0.25, 0.3) is 11.1 Å². The van der Waals surface area contributed by atoms with Gasteiger partial charge in [-0.25, -0.2) is 0 Å². The van der Waals surface area contributed by atoms with E-state index in [0.717, 1.165) is 27.1 Å². The lowest BCUT2D eigenvalue weighted by Gasteiger charge is -2.14. The van der Waals surface area contributed by atoms with Gasteiger partial charge in [0.1, 0.15) is 0 Å². The first-order chi connectivity index (χ1) is 14.6. The zero-order valence-electron chi connectivity index (χ0n) is 15.5. The third-order valence-corrected chi connectivity index (χ3v) is 7.04. The van der Waals surface area contributed by atoms with E-state index in [1.807, 2.05) is 42.5 Å². The Labute approximate surface area is 185 Å². The molecule has 0 radical (unpaired) electrons. The van der Waals surface area contributed by atoms with Crippen LogP contribution in [0.5, 0.6) is 11.5 Å². The highest BCUT2D eigenvalue weighted by molar-refractivity contribution is 8.18. The molecule has 0 atom stereocenters. The molecule has 0 N–H and O–H groups in total. The van der Waals surface area contributed by atoms with Gasteiger partial charge < -0.3 is 9.47 Å². The van der Waals surface area contributed by atoms with Gasteiger partial charge in [0, 0.05) is 20.8 Å². The van der Waals surface area contributed by atoms with E-state index in [1.165, 1.54) is 4.90 Å². The Morgan fingerprint density at radius 2 is 1.80 bits per heavy atom. The highest BCUT2D eigenvalue weighted by Gasteiger charge is 2.35. The molecule has 1 aromatic heterocycles. The number of fused-ring (bicyclic) bond motifs is 1. The molecule has 8 heteroatoms. The number of ether oxygens (including phenoxy) is 2. The van der Waals surface area contributed by atoms with Gasteiger partial charge in [-0.1, -0.05) is 41.9 Å². The number of halogens is 1. The molecule has 2 amide bonds. The Morgan fingerprint density at radius 3 is 2.60 bits per heavy atom. The van der Waals surface area contributed by atoms with Crippen molar-refractivity contribution in [2.75, 3.05) is 6.79 Å². The first kappa shape index (κ1) is 19.2. The average Bonchev–Trinajstić information content (AvgIpc) is 3.45. The fraction of sp³-hybridized carbons (Fsp3) is 0.0909. The predicted molar refractivity (Wildman–Crippen MR) is 119 cm³/mol. The van der Waals surface area contributed by atoms with Crippen LogP contribution in [0.2, 0.25) is 5.02 Å². The predicted octanol–water partition coefficient (Wildman–Crippen LogP) is 6.03. The SMILES string of the molecule is O=C1SC(=Cc2ccc(-c3ccccc3)s2)C(=O)N1Cc1cc2c(cc1Cl)OCO2. The molecule has 5 nitrogen and oxygen atoms in total. The van der Waals surface area contributed by atoms with E-state index in [4.69, 9.17) is 21.1 Å². The maximum absolute atomic E-state index is 12.9. The minimum Gasteiger partial charge on any atom is -0.454 e. The normalized spacial score (nSPS) is 16.7. The minimum atomic E-state index is -0.326. The summed E-state index contributed by atoms with van der Waals surface area (Å²) in [6, 6.07) is 17.4. The second-order valence-corrected chi connectivity index (χ2v) is 9.15. The molecule has 150 valence electrons. The quantitative estimate of drug-likeness (QED) is 0.449. The van der Waals surface area contributed by atoms with Crippen LogP contribution >= 0.6 is 34.7 Å². The topological polar surface area (TPSA) is 55.8 Å². The van der Waals surface area contributed by atoms with Gasteiger partial charge >= 0.3 is 0 Å². The third kappa shape index (κ3) is 3.60. The molecule has 1 saturated heterocycles. The molecule has 3 heterocycles. The van der Waals surface area contributed by atoms with Crippen molar-refractivity contribution in [3.05, 3.63) is 75.0 Å². The summed E-state index contributed by atoms with van der Waals surface area (Å²) in [5.41, 5.74) is 1.75. The Morgan fingerprint density at radius 1 is 1.03 bits per heavy atom. The van der Waals surface area contributed by atoms with Crippen molar-refractivity contribution >= 4 is 51.9 Å². The summed E-state index contributed by atoms with van der Waals surface area (Å²) in [5, 5.41) is 0.105. The summed E-state index contributed by atoms with van der Waals surface area (Å²) in [7, 11) is 0. The van der Waals surface area contributed by atoms with Crippen molar-refractivity contribution in [3.8, 4) is 21.9 Å². The number of carbonyl (C=O) groups is 2. The van der Waals surface area contributed by atoms with E-state index in [1.54, 1.807) is 29.5 Å². The largest absolute Gasteiger partial charge is 0.454 e. The van der Waals surface area contributed by atoms with Crippen LogP contribution in [0.1, 0.15) is 10.4 Å². The van der Waals surface area contributed by atoms with Crippen LogP contribution in [0.15, 0.2) is 59.5 Å². The molecular weight excluding hydrogens is 442 g/mol. The molecule has 0 aliphatic carbocycles. The summed E-state index contributed by atoms with van der Waals surface area (Å²) in [5.74, 6) is 0.794. The fourth-order valence-electron chi connectivity index (χ4n) is 3.20. The number of carbonyl (C=O) groups excluding carboxylic acids is 2. The average molecular weight is 456 g/mol. The number of nitrogens with zero attached hydrogens (tertiary/aromatic N) is 1. The number of amides is 2. The number of benzene rings is 2. The van der Waals surface area contributed by atoms with Crippen molar-refractivity contribution in [2.45, 2.75) is 6.54 Å². The number of hydrogen-bond acceptors (Lipinski definition) is 6. The molecule has 0 bridgehead atoms. The molecule has 2 aliphatic rings. The molecule has 0 saturated carbocycles. The number of thiophene rings is 1. The van der Waals surface area contributed by atoms with Crippen molar-refractivity contribution in [1.82, 2.24) is 4.90 Å². The second kappa shape index (κ2) is 7.83. The summed E-state index contributed by atoms with van der Waals surface area (Å²) in [6.45, 7) is 0.211. The molecular formula is C22H14ClNO4S2. The Kier molecular flexibility index (Phi) is 5.02. The standard InChI is InChI=1S/C22H14ClNO4S2/c23-16-10-18-17(27-12-28-18)8-14(16)11-24-21(25)20(30-22(24)26)9-15-6-7-19(29-15)13-4-2-1-3-5-13/h1-10H,11-12H2. The molecule has 2 aromatic carbocycles. The van der Waals surface area contributed by atoms with Crippen LogP contribution in [0, 0.1) is 0 Å². The Bertz CT molecular complexity index is 1190. The molecule has 0 unspecified atom stereocenters. The monoisotopic (exact) mass is 455 g/mol. The molecule has 2 aliphatic heterocycles. The van der Waals surface area contributed by atoms with Gasteiger partial charge in [-0.2, -0.15) is 0 Å². The van der Waals surface area contributed by atoms with E-state index in [2.05, 4.69) is 0 Å². The molecule has 5 rings (SSSR count). The maximum atomic E-state index is 12.9. The lowest BCUT2D eigenvalue weighted by Crippen LogP contribution is -2.27. The molecule has 30 heavy (non-hydrogen) atoms. The van der Waals surface area contributed by atoms with E-state index < -0.39 is 0 Å². The third-order valence-electron chi connectivity index (χ3n) is 4.70. The van der Waals surface area contributed by atoms with Gasteiger partial charge in [-0.3, -0.25) is 14.5 Å².